The van der Waals surface area contributed by atoms with Gasteiger partial charge in [0.1, 0.15) is 5.82 Å². The number of amides is 2. The first-order valence-corrected chi connectivity index (χ1v) is 11.5. The van der Waals surface area contributed by atoms with E-state index in [4.69, 9.17) is 9.31 Å². The molecule has 0 unspecified atom stereocenters. The molecule has 7 nitrogen and oxygen atoms in total. The summed E-state index contributed by atoms with van der Waals surface area (Å²) in [5, 5.41) is 13.8. The molecular formula is C25H29BF4N2O5. The summed E-state index contributed by atoms with van der Waals surface area (Å²) in [4.78, 5) is 23.8. The van der Waals surface area contributed by atoms with Crippen molar-refractivity contribution in [3.05, 3.63) is 53.3 Å². The van der Waals surface area contributed by atoms with E-state index in [0.29, 0.717) is 11.5 Å². The Labute approximate surface area is 212 Å². The second-order valence-corrected chi connectivity index (χ2v) is 10.6. The highest BCUT2D eigenvalue weighted by Crippen LogP contribution is 2.38. The zero-order valence-corrected chi connectivity index (χ0v) is 21.3. The highest BCUT2D eigenvalue weighted by molar-refractivity contribution is 6.62. The minimum absolute atomic E-state index is 0.198. The maximum atomic E-state index is 14.7. The van der Waals surface area contributed by atoms with Gasteiger partial charge >= 0.3 is 25.3 Å². The molecule has 3 N–H and O–H groups in total. The van der Waals surface area contributed by atoms with Crippen molar-refractivity contribution in [2.75, 3.05) is 10.6 Å². The zero-order valence-electron chi connectivity index (χ0n) is 21.3. The number of halogens is 4. The van der Waals surface area contributed by atoms with Crippen molar-refractivity contribution in [2.24, 2.45) is 5.41 Å². The Kier molecular flexibility index (Phi) is 7.42. The first-order valence-electron chi connectivity index (χ1n) is 11.5. The summed E-state index contributed by atoms with van der Waals surface area (Å²) in [6.07, 6.45) is -5.16. The van der Waals surface area contributed by atoms with Gasteiger partial charge in [-0.25, -0.2) is 9.18 Å². The van der Waals surface area contributed by atoms with Gasteiger partial charge in [0.15, 0.2) is 0 Å². The molecule has 1 saturated heterocycles. The van der Waals surface area contributed by atoms with Crippen LogP contribution in [-0.4, -0.2) is 35.4 Å². The molecular weight excluding hydrogens is 495 g/mol. The zero-order chi connectivity index (χ0) is 28.0. The van der Waals surface area contributed by atoms with Crippen molar-refractivity contribution in [3.8, 4) is 0 Å². The third-order valence-electron chi connectivity index (χ3n) is 6.65. The largest absolute Gasteiger partial charge is 0.494 e. The SMILES string of the molecule is CC(C)(Cc1ccc(NC(=O)Nc2ccc(B3OC(C)(C)C(C)(C)O3)cc2F)cc1C(F)(F)F)C(=O)O. The van der Waals surface area contributed by atoms with E-state index < -0.39 is 53.3 Å². The van der Waals surface area contributed by atoms with Crippen molar-refractivity contribution in [3.63, 3.8) is 0 Å². The number of carbonyl (C=O) groups is 2. The predicted molar refractivity (Wildman–Crippen MR) is 131 cm³/mol. The molecule has 0 aliphatic carbocycles. The van der Waals surface area contributed by atoms with Crippen LogP contribution in [0.25, 0.3) is 0 Å². The molecule has 2 aromatic carbocycles. The molecule has 12 heteroatoms. The van der Waals surface area contributed by atoms with Gasteiger partial charge in [-0.15, -0.1) is 0 Å². The molecule has 3 rings (SSSR count). The van der Waals surface area contributed by atoms with Crippen LogP contribution in [0, 0.1) is 11.2 Å². The molecule has 0 spiro atoms. The van der Waals surface area contributed by atoms with Crippen LogP contribution in [0.1, 0.15) is 52.7 Å². The average Bonchev–Trinajstić information content (AvgIpc) is 2.96. The number of benzene rings is 2. The Morgan fingerprint density at radius 2 is 1.57 bits per heavy atom. The minimum atomic E-state index is -4.78. The number of carboxylic acids is 1. The van der Waals surface area contributed by atoms with Gasteiger partial charge in [-0.2, -0.15) is 13.2 Å². The number of hydrogen-bond acceptors (Lipinski definition) is 4. The van der Waals surface area contributed by atoms with E-state index in [1.54, 1.807) is 0 Å². The summed E-state index contributed by atoms with van der Waals surface area (Å²) < 4.78 is 67.5. The fraction of sp³-hybridized carbons (Fsp3) is 0.440. The Bertz CT molecular complexity index is 1200. The van der Waals surface area contributed by atoms with Crippen LogP contribution < -0.4 is 16.1 Å². The van der Waals surface area contributed by atoms with Gasteiger partial charge in [-0.05, 0) is 83.3 Å². The molecule has 1 aliphatic rings. The van der Waals surface area contributed by atoms with Gasteiger partial charge in [0.05, 0.1) is 27.9 Å². The van der Waals surface area contributed by atoms with Crippen molar-refractivity contribution in [2.45, 2.75) is 65.3 Å². The fourth-order valence-electron chi connectivity index (χ4n) is 3.67. The number of nitrogens with one attached hydrogen (secondary N) is 2. The van der Waals surface area contributed by atoms with Gasteiger partial charge in [-0.1, -0.05) is 12.1 Å². The fourth-order valence-corrected chi connectivity index (χ4v) is 3.67. The number of urea groups is 1. The summed E-state index contributed by atoms with van der Waals surface area (Å²) in [6.45, 7) is 10.1. The van der Waals surface area contributed by atoms with Crippen LogP contribution in [0.15, 0.2) is 36.4 Å². The first-order chi connectivity index (χ1) is 16.8. The van der Waals surface area contributed by atoms with E-state index in [2.05, 4.69) is 10.6 Å². The molecule has 37 heavy (non-hydrogen) atoms. The van der Waals surface area contributed by atoms with E-state index in [0.717, 1.165) is 12.1 Å². The summed E-state index contributed by atoms with van der Waals surface area (Å²) in [6, 6.07) is 6.05. The Balaban J connectivity index is 1.75. The highest BCUT2D eigenvalue weighted by Gasteiger charge is 2.51. The number of hydrogen-bond donors (Lipinski definition) is 3. The second-order valence-electron chi connectivity index (χ2n) is 10.6. The predicted octanol–water partition coefficient (Wildman–Crippen LogP) is 5.44. The molecule has 1 fully saturated rings. The van der Waals surface area contributed by atoms with Crippen LogP contribution in [0.2, 0.25) is 0 Å². The number of carboxylic acid groups (broad SMARTS) is 1. The lowest BCUT2D eigenvalue weighted by molar-refractivity contribution is -0.148. The van der Waals surface area contributed by atoms with Crippen molar-refractivity contribution in [1.29, 1.82) is 0 Å². The molecule has 0 bridgehead atoms. The molecule has 200 valence electrons. The van der Waals surface area contributed by atoms with E-state index in [-0.39, 0.29) is 23.4 Å². The third-order valence-corrected chi connectivity index (χ3v) is 6.65. The summed E-state index contributed by atoms with van der Waals surface area (Å²) in [5.74, 6) is -2.03. The topological polar surface area (TPSA) is 96.9 Å². The summed E-state index contributed by atoms with van der Waals surface area (Å²) >= 11 is 0. The normalized spacial score (nSPS) is 17.0. The van der Waals surface area contributed by atoms with E-state index in [9.17, 15) is 32.3 Å². The molecule has 1 heterocycles. The highest BCUT2D eigenvalue weighted by atomic mass is 19.4. The van der Waals surface area contributed by atoms with Crippen LogP contribution >= 0.6 is 0 Å². The van der Waals surface area contributed by atoms with E-state index >= 15 is 0 Å². The summed E-state index contributed by atoms with van der Waals surface area (Å²) in [5.41, 5.74) is -3.98. The molecule has 0 aromatic heterocycles. The van der Waals surface area contributed by atoms with Crippen molar-refractivity contribution in [1.82, 2.24) is 0 Å². The summed E-state index contributed by atoms with van der Waals surface area (Å²) in [7, 11) is -0.812. The first kappa shape index (κ1) is 28.5. The Morgan fingerprint density at radius 1 is 0.973 bits per heavy atom. The van der Waals surface area contributed by atoms with E-state index in [1.165, 1.54) is 32.0 Å². The maximum Gasteiger partial charge on any atom is 0.494 e. The number of carbonyl (C=O) groups excluding carboxylic acids is 1. The standard InChI is InChI=1S/C25H29BF4N2O5/c1-22(2,20(33)34)13-14-7-9-16(12-17(14)25(28,29)30)31-21(35)32-19-10-8-15(11-18(19)27)26-36-23(3,4)24(5,6)37-26/h7-12H,13H2,1-6H3,(H,33,34)(H2,31,32,35). The lowest BCUT2D eigenvalue weighted by atomic mass is 9.79. The van der Waals surface area contributed by atoms with Crippen molar-refractivity contribution >= 4 is 36.0 Å². The van der Waals surface area contributed by atoms with Gasteiger partial charge in [0.2, 0.25) is 0 Å². The van der Waals surface area contributed by atoms with Crippen molar-refractivity contribution < 1.29 is 41.6 Å². The molecule has 0 atom stereocenters. The molecule has 2 aromatic rings. The van der Waals surface area contributed by atoms with Crippen LogP contribution in [0.4, 0.5) is 33.7 Å². The van der Waals surface area contributed by atoms with Crippen LogP contribution in [0.5, 0.6) is 0 Å². The lowest BCUT2D eigenvalue weighted by Crippen LogP contribution is -2.41. The van der Waals surface area contributed by atoms with Gasteiger partial charge in [0.25, 0.3) is 0 Å². The number of aliphatic carboxylic acids is 1. The van der Waals surface area contributed by atoms with Crippen LogP contribution in [0.3, 0.4) is 0 Å². The second kappa shape index (κ2) is 9.64. The lowest BCUT2D eigenvalue weighted by Gasteiger charge is -2.32. The average molecular weight is 524 g/mol. The van der Waals surface area contributed by atoms with Gasteiger partial charge < -0.3 is 25.0 Å². The number of alkyl halides is 3. The van der Waals surface area contributed by atoms with Gasteiger partial charge in [0, 0.05) is 5.69 Å². The minimum Gasteiger partial charge on any atom is -0.481 e. The molecule has 0 saturated carbocycles. The molecule has 1 aliphatic heterocycles. The Hall–Kier alpha value is -3.12. The Morgan fingerprint density at radius 3 is 2.08 bits per heavy atom. The van der Waals surface area contributed by atoms with Gasteiger partial charge in [-0.3, -0.25) is 4.79 Å². The quantitative estimate of drug-likeness (QED) is 0.346. The third kappa shape index (κ3) is 6.24. The molecule has 2 amide bonds. The maximum absolute atomic E-state index is 14.7. The number of anilines is 2. The molecule has 0 radical (unpaired) electrons. The smallest absolute Gasteiger partial charge is 0.481 e. The van der Waals surface area contributed by atoms with Crippen LogP contribution in [-0.2, 0) is 26.7 Å². The monoisotopic (exact) mass is 524 g/mol. The number of rotatable bonds is 6. The van der Waals surface area contributed by atoms with E-state index in [1.807, 2.05) is 27.7 Å².